The van der Waals surface area contributed by atoms with Crippen LogP contribution in [0.5, 0.6) is 0 Å². The van der Waals surface area contributed by atoms with Gasteiger partial charge < -0.3 is 10.4 Å². The van der Waals surface area contributed by atoms with Crippen molar-refractivity contribution in [2.75, 3.05) is 6.54 Å². The molecule has 19 heavy (non-hydrogen) atoms. The van der Waals surface area contributed by atoms with Crippen molar-refractivity contribution in [3.05, 3.63) is 34.9 Å². The third-order valence-corrected chi connectivity index (χ3v) is 3.14. The zero-order chi connectivity index (χ0) is 14.4. The second kappa shape index (κ2) is 6.92. The van der Waals surface area contributed by atoms with Crippen molar-refractivity contribution >= 4 is 11.9 Å². The minimum Gasteiger partial charge on any atom is -0.481 e. The second-order valence-corrected chi connectivity index (χ2v) is 4.74. The highest BCUT2D eigenvalue weighted by atomic mass is 16.4. The molecule has 0 spiro atoms. The maximum absolute atomic E-state index is 11.4. The first-order valence-electron chi connectivity index (χ1n) is 6.52. The lowest BCUT2D eigenvalue weighted by atomic mass is 9.89. The van der Waals surface area contributed by atoms with Gasteiger partial charge in [0.25, 0.3) is 0 Å². The van der Waals surface area contributed by atoms with Crippen molar-refractivity contribution in [1.82, 2.24) is 5.32 Å². The van der Waals surface area contributed by atoms with Crippen molar-refractivity contribution in [2.24, 2.45) is 0 Å². The first-order valence-corrected chi connectivity index (χ1v) is 6.52. The molecule has 0 heterocycles. The van der Waals surface area contributed by atoms with Crippen molar-refractivity contribution in [3.63, 3.8) is 0 Å². The predicted molar refractivity (Wildman–Crippen MR) is 74.2 cm³/mol. The lowest BCUT2D eigenvalue weighted by Gasteiger charge is -2.16. The number of aliphatic carboxylic acids is 1. The summed E-state index contributed by atoms with van der Waals surface area (Å²) in [5, 5.41) is 12.0. The van der Waals surface area contributed by atoms with Gasteiger partial charge in [0.2, 0.25) is 5.91 Å². The maximum Gasteiger partial charge on any atom is 0.310 e. The molecule has 1 aromatic carbocycles. The fourth-order valence-electron chi connectivity index (χ4n) is 2.11. The fraction of sp³-hybridized carbons (Fsp3) is 0.467. The van der Waals surface area contributed by atoms with Gasteiger partial charge in [0.1, 0.15) is 0 Å². The number of carboxylic acids is 1. The summed E-state index contributed by atoms with van der Waals surface area (Å²) in [6.45, 7) is 6.25. The van der Waals surface area contributed by atoms with Gasteiger partial charge in [-0.15, -0.1) is 0 Å². The van der Waals surface area contributed by atoms with Gasteiger partial charge in [-0.05, 0) is 38.3 Å². The average Bonchev–Trinajstić information content (AvgIpc) is 2.33. The Morgan fingerprint density at radius 1 is 1.32 bits per heavy atom. The Bertz CT molecular complexity index is 468. The summed E-state index contributed by atoms with van der Waals surface area (Å²) >= 11 is 0. The summed E-state index contributed by atoms with van der Waals surface area (Å²) in [7, 11) is 0. The summed E-state index contributed by atoms with van der Waals surface area (Å²) in [5.41, 5.74) is 2.79. The molecule has 2 N–H and O–H groups in total. The van der Waals surface area contributed by atoms with Crippen LogP contribution in [0.15, 0.2) is 18.2 Å². The van der Waals surface area contributed by atoms with E-state index in [9.17, 15) is 14.7 Å². The molecule has 0 aliphatic carbocycles. The number of aryl methyl sites for hydroxylation is 2. The number of amides is 1. The van der Waals surface area contributed by atoms with E-state index in [0.29, 0.717) is 13.0 Å². The number of nitrogens with one attached hydrogen (secondary N) is 1. The van der Waals surface area contributed by atoms with Crippen molar-refractivity contribution < 1.29 is 14.7 Å². The number of carbonyl (C=O) groups is 2. The monoisotopic (exact) mass is 263 g/mol. The Balaban J connectivity index is 2.86. The Kier molecular flexibility index (Phi) is 5.55. The van der Waals surface area contributed by atoms with Gasteiger partial charge in [0.05, 0.1) is 5.92 Å². The minimum atomic E-state index is -0.877. The molecule has 4 heteroatoms. The first kappa shape index (κ1) is 15.2. The Morgan fingerprint density at radius 3 is 2.58 bits per heavy atom. The van der Waals surface area contributed by atoms with Gasteiger partial charge in [-0.3, -0.25) is 9.59 Å². The van der Waals surface area contributed by atoms with E-state index in [1.54, 1.807) is 0 Å². The van der Waals surface area contributed by atoms with E-state index in [1.807, 2.05) is 39.0 Å². The summed E-state index contributed by atoms with van der Waals surface area (Å²) in [6.07, 6.45) is 0.559. The number of carbonyl (C=O) groups excluding carboxylic acids is 1. The number of hydrogen-bond donors (Lipinski definition) is 2. The zero-order valence-corrected chi connectivity index (χ0v) is 11.7. The average molecular weight is 263 g/mol. The third-order valence-electron chi connectivity index (χ3n) is 3.14. The topological polar surface area (TPSA) is 66.4 Å². The van der Waals surface area contributed by atoms with Gasteiger partial charge in [-0.25, -0.2) is 0 Å². The van der Waals surface area contributed by atoms with Crippen LogP contribution in [0, 0.1) is 13.8 Å². The van der Waals surface area contributed by atoms with Crippen LogP contribution in [0.4, 0.5) is 0 Å². The van der Waals surface area contributed by atoms with Crippen LogP contribution in [0.1, 0.15) is 42.4 Å². The van der Waals surface area contributed by atoms with E-state index in [2.05, 4.69) is 5.32 Å². The molecule has 1 rings (SSSR count). The van der Waals surface area contributed by atoms with Gasteiger partial charge in [0.15, 0.2) is 0 Å². The van der Waals surface area contributed by atoms with E-state index in [-0.39, 0.29) is 12.3 Å². The highest BCUT2D eigenvalue weighted by molar-refractivity contribution is 5.80. The summed E-state index contributed by atoms with van der Waals surface area (Å²) < 4.78 is 0. The molecule has 0 aliphatic heterocycles. The van der Waals surface area contributed by atoms with Crippen LogP contribution >= 0.6 is 0 Å². The molecule has 104 valence electrons. The van der Waals surface area contributed by atoms with E-state index in [4.69, 9.17) is 0 Å². The van der Waals surface area contributed by atoms with Gasteiger partial charge in [-0.2, -0.15) is 0 Å². The standard InChI is InChI=1S/C15H21NO3/c1-4-16-14(17)8-7-12(15(18)19)13-9-10(2)5-6-11(13)3/h5-6,9,12H,4,7-8H2,1-3H3,(H,16,17)(H,18,19). The van der Waals surface area contributed by atoms with E-state index >= 15 is 0 Å². The molecule has 1 atom stereocenters. The minimum absolute atomic E-state index is 0.0981. The van der Waals surface area contributed by atoms with Crippen LogP contribution < -0.4 is 5.32 Å². The largest absolute Gasteiger partial charge is 0.481 e. The van der Waals surface area contributed by atoms with Crippen LogP contribution in [-0.2, 0) is 9.59 Å². The predicted octanol–water partition coefficient (Wildman–Crippen LogP) is 2.39. The SMILES string of the molecule is CCNC(=O)CCC(C(=O)O)c1cc(C)ccc1C. The maximum atomic E-state index is 11.4. The molecule has 0 saturated carbocycles. The normalized spacial score (nSPS) is 11.9. The number of benzene rings is 1. The molecule has 1 aromatic rings. The molecule has 0 radical (unpaired) electrons. The second-order valence-electron chi connectivity index (χ2n) is 4.74. The Morgan fingerprint density at radius 2 is 2.00 bits per heavy atom. The molecule has 4 nitrogen and oxygen atoms in total. The number of carboxylic acid groups (broad SMARTS) is 1. The van der Waals surface area contributed by atoms with Crippen LogP contribution in [0.3, 0.4) is 0 Å². The quantitative estimate of drug-likeness (QED) is 0.828. The molecular formula is C15H21NO3. The molecule has 0 saturated heterocycles. The van der Waals surface area contributed by atoms with Gasteiger partial charge in [0, 0.05) is 13.0 Å². The molecule has 0 aromatic heterocycles. The van der Waals surface area contributed by atoms with Crippen LogP contribution in [-0.4, -0.2) is 23.5 Å². The Labute approximate surface area is 113 Å². The molecule has 1 unspecified atom stereocenters. The van der Waals surface area contributed by atoms with Crippen LogP contribution in [0.25, 0.3) is 0 Å². The molecule has 0 fully saturated rings. The third kappa shape index (κ3) is 4.39. The van der Waals surface area contributed by atoms with Crippen molar-refractivity contribution in [1.29, 1.82) is 0 Å². The van der Waals surface area contributed by atoms with Gasteiger partial charge in [-0.1, -0.05) is 23.8 Å². The molecule has 0 bridgehead atoms. The van der Waals surface area contributed by atoms with Crippen LogP contribution in [0.2, 0.25) is 0 Å². The summed E-state index contributed by atoms with van der Waals surface area (Å²) in [6, 6.07) is 5.78. The smallest absolute Gasteiger partial charge is 0.310 e. The number of hydrogen-bond acceptors (Lipinski definition) is 2. The van der Waals surface area contributed by atoms with Crippen molar-refractivity contribution in [3.8, 4) is 0 Å². The zero-order valence-electron chi connectivity index (χ0n) is 11.7. The first-order chi connectivity index (χ1) is 8.95. The lowest BCUT2D eigenvalue weighted by molar-refractivity contribution is -0.139. The highest BCUT2D eigenvalue weighted by Crippen LogP contribution is 2.25. The Hall–Kier alpha value is -1.84. The van der Waals surface area contributed by atoms with E-state index in [1.165, 1.54) is 0 Å². The molecule has 1 amide bonds. The summed E-state index contributed by atoms with van der Waals surface area (Å²) in [4.78, 5) is 22.9. The van der Waals surface area contributed by atoms with Crippen molar-refractivity contribution in [2.45, 2.75) is 39.5 Å². The highest BCUT2D eigenvalue weighted by Gasteiger charge is 2.22. The fourth-order valence-corrected chi connectivity index (χ4v) is 2.11. The molecular weight excluding hydrogens is 242 g/mol. The lowest BCUT2D eigenvalue weighted by Crippen LogP contribution is -2.24. The van der Waals surface area contributed by atoms with Gasteiger partial charge >= 0.3 is 5.97 Å². The summed E-state index contributed by atoms with van der Waals surface area (Å²) in [5.74, 6) is -1.60. The van der Waals surface area contributed by atoms with E-state index in [0.717, 1.165) is 16.7 Å². The number of rotatable bonds is 6. The molecule has 0 aliphatic rings. The van der Waals surface area contributed by atoms with E-state index < -0.39 is 11.9 Å².